The van der Waals surface area contributed by atoms with Crippen LogP contribution in [0.5, 0.6) is 0 Å². The third-order valence-electron chi connectivity index (χ3n) is 3.94. The van der Waals surface area contributed by atoms with Gasteiger partial charge in [0.05, 0.1) is 12.0 Å². The lowest BCUT2D eigenvalue weighted by Crippen LogP contribution is -2.24. The first kappa shape index (κ1) is 17.2. The molecule has 0 fully saturated rings. The maximum atomic E-state index is 4.31. The zero-order valence-corrected chi connectivity index (χ0v) is 13.7. The van der Waals surface area contributed by atoms with E-state index in [0.29, 0.717) is 6.04 Å². The van der Waals surface area contributed by atoms with Crippen LogP contribution in [0.4, 0.5) is 0 Å². The molecule has 116 valence electrons. The molecule has 4 heteroatoms. The molecule has 1 N–H and O–H groups in total. The van der Waals surface area contributed by atoms with Gasteiger partial charge in [0.15, 0.2) is 0 Å². The molecule has 0 aliphatic rings. The third kappa shape index (κ3) is 5.63. The first-order valence-electron chi connectivity index (χ1n) is 8.16. The summed E-state index contributed by atoms with van der Waals surface area (Å²) in [6.45, 7) is 14.5. The van der Waals surface area contributed by atoms with Crippen molar-refractivity contribution in [2.75, 3.05) is 26.2 Å². The maximum absolute atomic E-state index is 4.31. The van der Waals surface area contributed by atoms with Gasteiger partial charge in [-0.1, -0.05) is 20.8 Å². The third-order valence-corrected chi connectivity index (χ3v) is 3.94. The fourth-order valence-corrected chi connectivity index (χ4v) is 2.55. The van der Waals surface area contributed by atoms with Gasteiger partial charge in [0.25, 0.3) is 0 Å². The standard InChI is InChI=1S/C16H32N4/c1-5-10-17-12-16-13-18-14-20(16)15(4)9-8-11-19(6-2)7-3/h13-15,17H,5-12H2,1-4H3. The highest BCUT2D eigenvalue weighted by atomic mass is 15.1. The fraction of sp³-hybridized carbons (Fsp3) is 0.812. The zero-order valence-electron chi connectivity index (χ0n) is 13.7. The van der Waals surface area contributed by atoms with E-state index in [-0.39, 0.29) is 0 Å². The summed E-state index contributed by atoms with van der Waals surface area (Å²) < 4.78 is 2.32. The van der Waals surface area contributed by atoms with Crippen LogP contribution in [0.15, 0.2) is 12.5 Å². The minimum atomic E-state index is 0.534. The molecule has 0 saturated heterocycles. The van der Waals surface area contributed by atoms with Crippen molar-refractivity contribution >= 4 is 0 Å². The predicted molar refractivity (Wildman–Crippen MR) is 86.0 cm³/mol. The maximum Gasteiger partial charge on any atom is 0.0951 e. The largest absolute Gasteiger partial charge is 0.331 e. The summed E-state index contributed by atoms with van der Waals surface area (Å²) in [5.74, 6) is 0. The van der Waals surface area contributed by atoms with Gasteiger partial charge in [-0.05, 0) is 52.4 Å². The van der Waals surface area contributed by atoms with Gasteiger partial charge >= 0.3 is 0 Å². The topological polar surface area (TPSA) is 33.1 Å². The normalized spacial score (nSPS) is 13.1. The van der Waals surface area contributed by atoms with Gasteiger partial charge < -0.3 is 14.8 Å². The lowest BCUT2D eigenvalue weighted by atomic mass is 10.1. The smallest absolute Gasteiger partial charge is 0.0951 e. The lowest BCUT2D eigenvalue weighted by Gasteiger charge is -2.21. The Labute approximate surface area is 124 Å². The number of hydrogen-bond donors (Lipinski definition) is 1. The molecule has 0 bridgehead atoms. The number of rotatable bonds is 11. The minimum Gasteiger partial charge on any atom is -0.331 e. The first-order valence-corrected chi connectivity index (χ1v) is 8.16. The molecule has 0 amide bonds. The summed E-state index contributed by atoms with van der Waals surface area (Å²) in [7, 11) is 0. The lowest BCUT2D eigenvalue weighted by molar-refractivity contribution is 0.287. The molecule has 1 atom stereocenters. The summed E-state index contributed by atoms with van der Waals surface area (Å²) in [6.07, 6.45) is 7.61. The molecule has 1 rings (SSSR count). The van der Waals surface area contributed by atoms with Crippen LogP contribution < -0.4 is 5.32 Å². The van der Waals surface area contributed by atoms with Crippen LogP contribution in [-0.4, -0.2) is 40.6 Å². The van der Waals surface area contributed by atoms with Gasteiger partial charge in [-0.15, -0.1) is 0 Å². The van der Waals surface area contributed by atoms with Crippen molar-refractivity contribution < 1.29 is 0 Å². The Kier molecular flexibility index (Phi) is 8.54. The molecule has 0 aliphatic carbocycles. The van der Waals surface area contributed by atoms with Crippen LogP contribution in [0.25, 0.3) is 0 Å². The summed E-state index contributed by atoms with van der Waals surface area (Å²) in [5.41, 5.74) is 1.30. The molecular weight excluding hydrogens is 248 g/mol. The van der Waals surface area contributed by atoms with E-state index in [4.69, 9.17) is 0 Å². The van der Waals surface area contributed by atoms with Crippen LogP contribution in [-0.2, 0) is 6.54 Å². The van der Waals surface area contributed by atoms with Gasteiger partial charge in [0.1, 0.15) is 0 Å². The van der Waals surface area contributed by atoms with E-state index in [0.717, 1.165) is 26.2 Å². The SMILES string of the molecule is CCCNCc1cncn1C(C)CCCN(CC)CC. The molecule has 0 radical (unpaired) electrons. The van der Waals surface area contributed by atoms with Crippen molar-refractivity contribution in [1.29, 1.82) is 0 Å². The van der Waals surface area contributed by atoms with Crippen molar-refractivity contribution in [2.24, 2.45) is 0 Å². The molecular formula is C16H32N4. The van der Waals surface area contributed by atoms with Gasteiger partial charge in [-0.3, -0.25) is 0 Å². The molecule has 1 aromatic rings. The molecule has 1 unspecified atom stereocenters. The highest BCUT2D eigenvalue weighted by Crippen LogP contribution is 2.16. The Morgan fingerprint density at radius 2 is 2.05 bits per heavy atom. The number of nitrogens with zero attached hydrogens (tertiary/aromatic N) is 3. The predicted octanol–water partition coefficient (Wildman–Crippen LogP) is 3.07. The number of nitrogens with one attached hydrogen (secondary N) is 1. The number of imidazole rings is 1. The molecule has 20 heavy (non-hydrogen) atoms. The van der Waals surface area contributed by atoms with Crippen molar-refractivity contribution in [3.05, 3.63) is 18.2 Å². The van der Waals surface area contributed by atoms with Gasteiger partial charge in [-0.25, -0.2) is 4.98 Å². The van der Waals surface area contributed by atoms with Crippen molar-refractivity contribution in [3.63, 3.8) is 0 Å². The average molecular weight is 280 g/mol. The molecule has 0 aromatic carbocycles. The van der Waals surface area contributed by atoms with Crippen LogP contribution >= 0.6 is 0 Å². The number of aromatic nitrogens is 2. The summed E-state index contributed by atoms with van der Waals surface area (Å²) >= 11 is 0. The Bertz CT molecular complexity index is 344. The minimum absolute atomic E-state index is 0.534. The van der Waals surface area contributed by atoms with Gasteiger partial charge in [-0.2, -0.15) is 0 Å². The second-order valence-corrected chi connectivity index (χ2v) is 5.49. The molecule has 0 aliphatic heterocycles. The van der Waals surface area contributed by atoms with E-state index < -0.39 is 0 Å². The van der Waals surface area contributed by atoms with Crippen LogP contribution in [0.2, 0.25) is 0 Å². The van der Waals surface area contributed by atoms with E-state index in [2.05, 4.69) is 47.5 Å². The molecule has 4 nitrogen and oxygen atoms in total. The van der Waals surface area contributed by atoms with Gasteiger partial charge in [0, 0.05) is 18.8 Å². The van der Waals surface area contributed by atoms with E-state index in [1.165, 1.54) is 31.5 Å². The van der Waals surface area contributed by atoms with Crippen molar-refractivity contribution in [1.82, 2.24) is 19.8 Å². The van der Waals surface area contributed by atoms with E-state index in [1.807, 2.05) is 12.5 Å². The highest BCUT2D eigenvalue weighted by Gasteiger charge is 2.09. The van der Waals surface area contributed by atoms with Crippen LogP contribution in [0.3, 0.4) is 0 Å². The monoisotopic (exact) mass is 280 g/mol. The Morgan fingerprint density at radius 3 is 2.70 bits per heavy atom. The van der Waals surface area contributed by atoms with Crippen LogP contribution in [0.1, 0.15) is 58.7 Å². The molecule has 1 heterocycles. The molecule has 0 saturated carbocycles. The summed E-state index contributed by atoms with van der Waals surface area (Å²) in [5, 5.41) is 3.46. The van der Waals surface area contributed by atoms with Gasteiger partial charge in [0.2, 0.25) is 0 Å². The highest BCUT2D eigenvalue weighted by molar-refractivity contribution is 4.99. The van der Waals surface area contributed by atoms with Crippen LogP contribution in [0, 0.1) is 0 Å². The Morgan fingerprint density at radius 1 is 1.30 bits per heavy atom. The second kappa shape index (κ2) is 9.94. The average Bonchev–Trinajstić information content (AvgIpc) is 2.92. The Hall–Kier alpha value is -0.870. The Balaban J connectivity index is 2.39. The quantitative estimate of drug-likeness (QED) is 0.632. The summed E-state index contributed by atoms with van der Waals surface area (Å²) in [4.78, 5) is 6.80. The van der Waals surface area contributed by atoms with Crippen molar-refractivity contribution in [3.8, 4) is 0 Å². The molecule has 0 spiro atoms. The fourth-order valence-electron chi connectivity index (χ4n) is 2.55. The second-order valence-electron chi connectivity index (χ2n) is 5.49. The molecule has 1 aromatic heterocycles. The van der Waals surface area contributed by atoms with Crippen molar-refractivity contribution in [2.45, 2.75) is 59.5 Å². The van der Waals surface area contributed by atoms with E-state index in [9.17, 15) is 0 Å². The number of hydrogen-bond acceptors (Lipinski definition) is 3. The summed E-state index contributed by atoms with van der Waals surface area (Å²) in [6, 6.07) is 0.534. The zero-order chi connectivity index (χ0) is 14.8. The van der Waals surface area contributed by atoms with E-state index in [1.54, 1.807) is 0 Å². The first-order chi connectivity index (χ1) is 9.72. The van der Waals surface area contributed by atoms with E-state index >= 15 is 0 Å².